The molecule has 0 N–H and O–H groups in total. The van der Waals surface area contributed by atoms with E-state index in [9.17, 15) is 0 Å². The summed E-state index contributed by atoms with van der Waals surface area (Å²) in [5.41, 5.74) is 13.5. The molecule has 0 spiro atoms. The molecular formula is C62H38B2N2O4. The third kappa shape index (κ3) is 5.90. The molecule has 11 aromatic rings. The summed E-state index contributed by atoms with van der Waals surface area (Å²) in [7, 11) is 0. The first-order chi connectivity index (χ1) is 34.7. The van der Waals surface area contributed by atoms with Crippen molar-refractivity contribution < 1.29 is 18.9 Å². The number of para-hydroxylation sites is 6. The Bertz CT molecular complexity index is 3680. The Morgan fingerprint density at radius 2 is 0.714 bits per heavy atom. The molecule has 0 saturated heterocycles. The molecule has 0 aromatic heterocycles. The minimum absolute atomic E-state index is 0.139. The van der Waals surface area contributed by atoms with Crippen molar-refractivity contribution in [3.63, 3.8) is 0 Å². The molecule has 0 bridgehead atoms. The summed E-state index contributed by atoms with van der Waals surface area (Å²) in [4.78, 5) is 4.83. The van der Waals surface area contributed by atoms with E-state index in [0.717, 1.165) is 124 Å². The summed E-state index contributed by atoms with van der Waals surface area (Å²) in [5.74, 6) is 6.25. The summed E-state index contributed by atoms with van der Waals surface area (Å²) in [5, 5.41) is 4.26. The highest BCUT2D eigenvalue weighted by molar-refractivity contribution is 7.02. The molecule has 4 heterocycles. The molecule has 70 heavy (non-hydrogen) atoms. The molecule has 326 valence electrons. The lowest BCUT2D eigenvalue weighted by atomic mass is 9.31. The zero-order valence-electron chi connectivity index (χ0n) is 37.6. The van der Waals surface area contributed by atoms with Gasteiger partial charge in [0.05, 0.1) is 11.4 Å². The third-order valence-electron chi connectivity index (χ3n) is 14.4. The molecular weight excluding hydrogens is 858 g/mol. The summed E-state index contributed by atoms with van der Waals surface area (Å²) in [6.07, 6.45) is 0. The van der Waals surface area contributed by atoms with Crippen LogP contribution in [0.2, 0.25) is 0 Å². The van der Waals surface area contributed by atoms with E-state index < -0.39 is 0 Å². The Hall–Kier alpha value is -9.13. The van der Waals surface area contributed by atoms with Gasteiger partial charge in [-0.05, 0) is 153 Å². The fraction of sp³-hybridized carbons (Fsp3) is 0. The summed E-state index contributed by atoms with van der Waals surface area (Å²) in [6.45, 7) is -0.278. The van der Waals surface area contributed by atoms with Gasteiger partial charge in [-0.15, -0.1) is 0 Å². The lowest BCUT2D eigenvalue weighted by molar-refractivity contribution is 0.466. The number of nitrogens with zero attached hydrogens (tertiary/aromatic N) is 2. The van der Waals surface area contributed by atoms with Crippen LogP contribution in [0.5, 0.6) is 46.0 Å². The number of anilines is 6. The first kappa shape index (κ1) is 38.9. The van der Waals surface area contributed by atoms with Gasteiger partial charge >= 0.3 is 0 Å². The molecule has 0 unspecified atom stereocenters. The number of fused-ring (bicyclic) bond motifs is 12. The molecule has 11 aromatic carbocycles. The van der Waals surface area contributed by atoms with E-state index >= 15 is 0 Å². The Labute approximate surface area is 405 Å². The minimum atomic E-state index is -0.139. The summed E-state index contributed by atoms with van der Waals surface area (Å²) in [6, 6.07) is 80.7. The van der Waals surface area contributed by atoms with Gasteiger partial charge in [-0.1, -0.05) is 115 Å². The van der Waals surface area contributed by atoms with E-state index in [0.29, 0.717) is 0 Å². The first-order valence-electron chi connectivity index (χ1n) is 23.8. The van der Waals surface area contributed by atoms with Gasteiger partial charge in [-0.2, -0.15) is 0 Å². The van der Waals surface area contributed by atoms with Crippen LogP contribution in [0.4, 0.5) is 34.1 Å². The maximum atomic E-state index is 7.27. The van der Waals surface area contributed by atoms with Gasteiger partial charge in [-0.25, -0.2) is 0 Å². The zero-order chi connectivity index (χ0) is 45.9. The van der Waals surface area contributed by atoms with Crippen LogP contribution in [0.15, 0.2) is 231 Å². The molecule has 0 saturated carbocycles. The molecule has 0 radical (unpaired) electrons. The van der Waals surface area contributed by atoms with Crippen molar-refractivity contribution in [2.45, 2.75) is 0 Å². The molecule has 0 aliphatic carbocycles. The smallest absolute Gasteiger partial charge is 0.256 e. The molecule has 0 amide bonds. The van der Waals surface area contributed by atoms with Crippen LogP contribution in [0.25, 0.3) is 21.5 Å². The third-order valence-corrected chi connectivity index (χ3v) is 14.4. The van der Waals surface area contributed by atoms with Gasteiger partial charge in [0.25, 0.3) is 13.4 Å². The number of hydrogen-bond acceptors (Lipinski definition) is 6. The fourth-order valence-corrected chi connectivity index (χ4v) is 11.5. The van der Waals surface area contributed by atoms with Crippen LogP contribution in [0.1, 0.15) is 0 Å². The van der Waals surface area contributed by atoms with Crippen molar-refractivity contribution in [3.05, 3.63) is 231 Å². The van der Waals surface area contributed by atoms with Crippen molar-refractivity contribution >= 4 is 102 Å². The number of benzene rings is 11. The molecule has 4 aliphatic rings. The Balaban J connectivity index is 0.956. The maximum absolute atomic E-state index is 7.27. The van der Waals surface area contributed by atoms with E-state index in [1.165, 1.54) is 10.9 Å². The topological polar surface area (TPSA) is 43.4 Å². The quantitative estimate of drug-likeness (QED) is 0.155. The SMILES string of the molecule is c1ccc(Oc2ccc3c4c5c(cc3c2)Oc2cc3c(cc2B5c2ccccc2N4c2ccccc2)B2c4ccccc4N(c4ccccc4)c4c2c(cc2cc(Oc5ccccc5)ccc42)O3)cc1. The van der Waals surface area contributed by atoms with Crippen LogP contribution in [0, 0.1) is 0 Å². The maximum Gasteiger partial charge on any atom is 0.256 e. The van der Waals surface area contributed by atoms with Gasteiger partial charge in [0, 0.05) is 39.6 Å². The number of rotatable bonds is 6. The molecule has 15 rings (SSSR count). The average molecular weight is 897 g/mol. The van der Waals surface area contributed by atoms with Gasteiger partial charge in [-0.3, -0.25) is 0 Å². The van der Waals surface area contributed by atoms with Crippen molar-refractivity contribution in [1.82, 2.24) is 0 Å². The lowest BCUT2D eigenvalue weighted by Gasteiger charge is -2.42. The highest BCUT2D eigenvalue weighted by Gasteiger charge is 2.47. The standard InChI is InChI=1S/C62H38B2N2O4/c1-5-17-41(18-6-1)65-53-27-15-13-25-49(53)63-51-37-52-56(38-55(51)69-57-35-39-33-45(67-43-21-9-3-10-22-43)29-31-47(39)61(65)59(57)63)70-58-36-40-34-46(68-44-23-11-4-12-24-44)30-32-48(40)62-60(58)64(52)50-26-14-16-28-54(50)66(62)42-19-7-2-8-20-42/h1-38H. The average Bonchev–Trinajstić information content (AvgIpc) is 3.41. The van der Waals surface area contributed by atoms with Crippen molar-refractivity contribution in [2.75, 3.05) is 9.80 Å². The second kappa shape index (κ2) is 15.2. The second-order valence-corrected chi connectivity index (χ2v) is 18.3. The van der Waals surface area contributed by atoms with Crippen molar-refractivity contribution in [2.24, 2.45) is 0 Å². The Kier molecular flexibility index (Phi) is 8.45. The Morgan fingerprint density at radius 1 is 0.314 bits per heavy atom. The largest absolute Gasteiger partial charge is 0.458 e. The van der Waals surface area contributed by atoms with E-state index in [1.807, 2.05) is 60.7 Å². The van der Waals surface area contributed by atoms with Crippen LogP contribution in [0.3, 0.4) is 0 Å². The molecule has 0 atom stereocenters. The highest BCUT2D eigenvalue weighted by atomic mass is 16.5. The van der Waals surface area contributed by atoms with E-state index in [4.69, 9.17) is 18.9 Å². The normalized spacial score (nSPS) is 13.3. The molecule has 8 heteroatoms. The predicted octanol–water partition coefficient (Wildman–Crippen LogP) is 12.4. The molecule has 4 aliphatic heterocycles. The van der Waals surface area contributed by atoms with E-state index in [-0.39, 0.29) is 13.4 Å². The van der Waals surface area contributed by atoms with Crippen LogP contribution < -0.4 is 61.5 Å². The minimum Gasteiger partial charge on any atom is -0.458 e. The van der Waals surface area contributed by atoms with Gasteiger partial charge < -0.3 is 28.7 Å². The van der Waals surface area contributed by atoms with Gasteiger partial charge in [0.15, 0.2) is 0 Å². The van der Waals surface area contributed by atoms with E-state index in [1.54, 1.807) is 0 Å². The summed E-state index contributed by atoms with van der Waals surface area (Å²) >= 11 is 0. The molecule has 0 fully saturated rings. The van der Waals surface area contributed by atoms with Crippen molar-refractivity contribution in [3.8, 4) is 46.0 Å². The highest BCUT2D eigenvalue weighted by Crippen LogP contribution is 2.48. The van der Waals surface area contributed by atoms with Crippen molar-refractivity contribution in [1.29, 1.82) is 0 Å². The lowest BCUT2D eigenvalue weighted by Crippen LogP contribution is -2.63. The van der Waals surface area contributed by atoms with Crippen LogP contribution >= 0.6 is 0 Å². The second-order valence-electron chi connectivity index (χ2n) is 18.3. The predicted molar refractivity (Wildman–Crippen MR) is 286 cm³/mol. The van der Waals surface area contributed by atoms with Gasteiger partial charge in [0.1, 0.15) is 46.0 Å². The van der Waals surface area contributed by atoms with Crippen LogP contribution in [-0.2, 0) is 0 Å². The monoisotopic (exact) mass is 896 g/mol. The van der Waals surface area contributed by atoms with Crippen LogP contribution in [-0.4, -0.2) is 13.4 Å². The zero-order valence-corrected chi connectivity index (χ0v) is 37.6. The summed E-state index contributed by atoms with van der Waals surface area (Å²) < 4.78 is 27.4. The molecule has 6 nitrogen and oxygen atoms in total. The first-order valence-corrected chi connectivity index (χ1v) is 23.8. The van der Waals surface area contributed by atoms with Gasteiger partial charge in [0.2, 0.25) is 0 Å². The number of ether oxygens (including phenoxy) is 4. The van der Waals surface area contributed by atoms with E-state index in [2.05, 4.69) is 180 Å². The number of hydrogen-bond donors (Lipinski definition) is 0. The fourth-order valence-electron chi connectivity index (χ4n) is 11.5. The Morgan fingerprint density at radius 3 is 1.16 bits per heavy atom.